The predicted molar refractivity (Wildman–Crippen MR) is 413 cm³/mol. The fourth-order valence-electron chi connectivity index (χ4n) is 15.3. The van der Waals surface area contributed by atoms with Gasteiger partial charge in [0, 0.05) is 61.5 Å². The molecule has 16 rings (SSSR count). The number of hydrogen-bond acceptors (Lipinski definition) is 4. The van der Waals surface area contributed by atoms with Gasteiger partial charge in [0.05, 0.1) is 45.7 Å². The van der Waals surface area contributed by atoms with Gasteiger partial charge in [-0.2, -0.15) is 10.5 Å². The number of nitrogens with zero attached hydrogens (tertiary/aromatic N) is 5. The van der Waals surface area contributed by atoms with Crippen LogP contribution in [0.15, 0.2) is 285 Å². The zero-order valence-corrected chi connectivity index (χ0v) is 56.9. The first-order chi connectivity index (χ1) is 47.4. The topological polar surface area (TPSA) is 59.0 Å². The zero-order valence-electron chi connectivity index (χ0n) is 56.9. The molecule has 3 heterocycles. The SMILES string of the molecule is CC(C)(C)c1cc(-c2ccccc2)c(N2c3cc(-n4c5ccc(C#N)cc5c5cc(C#N)ccc54)ccc3B3c4cc(-c5ccccc5)c(C(C)(C)C)cc4N(c4c(-c5ccccc5)cc(C(C)(C)C)cc4-c4ccccc4)c4cc(-c5ccccc5)cc2c43)c(-c2ccccc2)c1. The van der Waals surface area contributed by atoms with Crippen LogP contribution in [0.25, 0.3) is 94.3 Å². The third-order valence-electron chi connectivity index (χ3n) is 20.2. The first kappa shape index (κ1) is 61.2. The average molecular weight is 1260 g/mol. The Morgan fingerprint density at radius 1 is 0.306 bits per heavy atom. The van der Waals surface area contributed by atoms with Crippen LogP contribution in [-0.2, 0) is 16.2 Å². The smallest absolute Gasteiger partial charge is 0.252 e. The Morgan fingerprint density at radius 3 is 1.04 bits per heavy atom. The quantitative estimate of drug-likeness (QED) is 0.135. The van der Waals surface area contributed by atoms with Crippen molar-refractivity contribution in [1.29, 1.82) is 10.5 Å². The molecule has 2 aliphatic heterocycles. The van der Waals surface area contributed by atoms with E-state index in [9.17, 15) is 10.5 Å². The Bertz CT molecular complexity index is 5370. The summed E-state index contributed by atoms with van der Waals surface area (Å²) in [4.78, 5) is 5.34. The summed E-state index contributed by atoms with van der Waals surface area (Å²) >= 11 is 0. The lowest BCUT2D eigenvalue weighted by atomic mass is 9.33. The molecule has 2 aliphatic rings. The molecule has 0 amide bonds. The van der Waals surface area contributed by atoms with Gasteiger partial charge in [-0.05, 0) is 185 Å². The predicted octanol–water partition coefficient (Wildman–Crippen LogP) is 22.5. The van der Waals surface area contributed by atoms with Crippen molar-refractivity contribution in [2.75, 3.05) is 9.80 Å². The van der Waals surface area contributed by atoms with E-state index in [1.807, 2.05) is 24.3 Å². The summed E-state index contributed by atoms with van der Waals surface area (Å²) in [5, 5.41) is 22.7. The van der Waals surface area contributed by atoms with Gasteiger partial charge >= 0.3 is 0 Å². The summed E-state index contributed by atoms with van der Waals surface area (Å²) in [7, 11) is 0. The van der Waals surface area contributed by atoms with E-state index in [1.165, 1.54) is 38.7 Å². The molecule has 0 bridgehead atoms. The highest BCUT2D eigenvalue weighted by Gasteiger charge is 2.47. The largest absolute Gasteiger partial charge is 0.310 e. The molecule has 98 heavy (non-hydrogen) atoms. The second-order valence-corrected chi connectivity index (χ2v) is 29.5. The maximum Gasteiger partial charge on any atom is 0.252 e. The van der Waals surface area contributed by atoms with E-state index >= 15 is 0 Å². The summed E-state index contributed by atoms with van der Waals surface area (Å²) in [5.41, 5.74) is 30.5. The van der Waals surface area contributed by atoms with E-state index in [1.54, 1.807) is 0 Å². The van der Waals surface area contributed by atoms with Gasteiger partial charge in [0.1, 0.15) is 0 Å². The minimum absolute atomic E-state index is 0.205. The molecule has 0 N–H and O–H groups in total. The van der Waals surface area contributed by atoms with Crippen LogP contribution in [0.2, 0.25) is 0 Å². The molecular formula is C92H74BN5. The molecule has 0 saturated heterocycles. The molecule has 0 spiro atoms. The van der Waals surface area contributed by atoms with Crippen molar-refractivity contribution in [2.45, 2.75) is 78.6 Å². The van der Waals surface area contributed by atoms with Gasteiger partial charge in [-0.3, -0.25) is 0 Å². The molecule has 13 aromatic carbocycles. The van der Waals surface area contributed by atoms with Crippen molar-refractivity contribution in [3.05, 3.63) is 313 Å². The molecule has 0 aliphatic carbocycles. The minimum atomic E-state index is -0.314. The van der Waals surface area contributed by atoms with Gasteiger partial charge in [-0.1, -0.05) is 256 Å². The molecule has 1 aromatic heterocycles. The summed E-state index contributed by atoms with van der Waals surface area (Å²) in [6, 6.07) is 110. The second kappa shape index (κ2) is 23.6. The number of fused-ring (bicyclic) bond motifs is 7. The van der Waals surface area contributed by atoms with Crippen molar-refractivity contribution in [3.8, 4) is 84.6 Å². The van der Waals surface area contributed by atoms with E-state index in [0.29, 0.717) is 11.1 Å². The Morgan fingerprint density at radius 2 is 0.673 bits per heavy atom. The molecule has 0 saturated carbocycles. The van der Waals surface area contributed by atoms with Gasteiger partial charge < -0.3 is 14.4 Å². The van der Waals surface area contributed by atoms with Crippen molar-refractivity contribution >= 4 is 79.0 Å². The average Bonchev–Trinajstić information content (AvgIpc) is 0.753. The highest BCUT2D eigenvalue weighted by Crippen LogP contribution is 2.56. The third-order valence-corrected chi connectivity index (χ3v) is 20.2. The first-order valence-electron chi connectivity index (χ1n) is 34.1. The molecule has 0 atom stereocenters. The van der Waals surface area contributed by atoms with E-state index < -0.39 is 0 Å². The Kier molecular flexibility index (Phi) is 14.7. The normalized spacial score (nSPS) is 12.7. The molecule has 0 fully saturated rings. The van der Waals surface area contributed by atoms with Gasteiger partial charge in [0.15, 0.2) is 0 Å². The lowest BCUT2D eigenvalue weighted by molar-refractivity contribution is 0.590. The summed E-state index contributed by atoms with van der Waals surface area (Å²) in [5.74, 6) is 0. The fourth-order valence-corrected chi connectivity index (χ4v) is 15.3. The van der Waals surface area contributed by atoms with Crippen LogP contribution < -0.4 is 26.2 Å². The van der Waals surface area contributed by atoms with Crippen molar-refractivity contribution in [3.63, 3.8) is 0 Å². The van der Waals surface area contributed by atoms with Crippen molar-refractivity contribution < 1.29 is 0 Å². The molecule has 6 heteroatoms. The van der Waals surface area contributed by atoms with Crippen LogP contribution in [0.3, 0.4) is 0 Å². The standard InChI is InChI=1S/C92H74BN5/c1-90(2,3)68-50-72(63-32-20-12-21-33-63)88(73(51-68)64-34-22-13-23-35-64)97-83-54-70(96-81-44-40-59(57-94)46-76(81)77-47-60(58-95)41-45-82(77)96)42-43-79(83)93-80-55-71(62-30-18-11-19-31-62)78(92(7,8)9)56-84(80)98(86-49-67(48-85(97)87(86)93)61-28-16-10-17-29-61)89-74(65-36-24-14-25-37-65)52-69(91(4,5)6)53-75(89)66-38-26-15-27-39-66/h10-56H,1-9H3. The second-order valence-electron chi connectivity index (χ2n) is 29.5. The Labute approximate surface area is 576 Å². The molecule has 0 unspecified atom stereocenters. The first-order valence-corrected chi connectivity index (χ1v) is 34.1. The third kappa shape index (κ3) is 10.4. The Balaban J connectivity index is 1.14. The van der Waals surface area contributed by atoms with E-state index in [0.717, 1.165) is 123 Å². The van der Waals surface area contributed by atoms with E-state index in [2.05, 4.69) is 350 Å². The van der Waals surface area contributed by atoms with Crippen LogP contribution >= 0.6 is 0 Å². The van der Waals surface area contributed by atoms with Crippen molar-refractivity contribution in [2.24, 2.45) is 0 Å². The van der Waals surface area contributed by atoms with Crippen LogP contribution in [0.1, 0.15) is 90.1 Å². The highest BCUT2D eigenvalue weighted by atomic mass is 15.2. The number of rotatable bonds is 9. The summed E-state index contributed by atoms with van der Waals surface area (Å²) < 4.78 is 2.34. The van der Waals surface area contributed by atoms with Crippen LogP contribution in [0, 0.1) is 22.7 Å². The number of benzene rings is 13. The van der Waals surface area contributed by atoms with Crippen LogP contribution in [0.5, 0.6) is 0 Å². The van der Waals surface area contributed by atoms with Gasteiger partial charge in [-0.25, -0.2) is 0 Å². The summed E-state index contributed by atoms with van der Waals surface area (Å²) in [6.07, 6.45) is 0. The van der Waals surface area contributed by atoms with Crippen LogP contribution in [0.4, 0.5) is 34.1 Å². The molecule has 0 radical (unpaired) electrons. The molecule has 470 valence electrons. The molecule has 14 aromatic rings. The maximum atomic E-state index is 10.4. The zero-order chi connectivity index (χ0) is 67.4. The molecule has 5 nitrogen and oxygen atoms in total. The van der Waals surface area contributed by atoms with Crippen molar-refractivity contribution in [1.82, 2.24) is 4.57 Å². The van der Waals surface area contributed by atoms with E-state index in [-0.39, 0.29) is 23.0 Å². The fraction of sp³-hybridized carbons (Fsp3) is 0.130. The highest BCUT2D eigenvalue weighted by molar-refractivity contribution is 7.00. The number of aromatic nitrogens is 1. The number of anilines is 6. The number of nitriles is 2. The minimum Gasteiger partial charge on any atom is -0.310 e. The Hall–Kier alpha value is -11.7. The van der Waals surface area contributed by atoms with Gasteiger partial charge in [0.2, 0.25) is 0 Å². The van der Waals surface area contributed by atoms with Gasteiger partial charge in [-0.15, -0.1) is 0 Å². The lowest BCUT2D eigenvalue weighted by Crippen LogP contribution is -2.61. The maximum absolute atomic E-state index is 10.4. The van der Waals surface area contributed by atoms with Gasteiger partial charge in [0.25, 0.3) is 6.71 Å². The lowest BCUT2D eigenvalue weighted by Gasteiger charge is -2.47. The van der Waals surface area contributed by atoms with Crippen LogP contribution in [-0.4, -0.2) is 11.3 Å². The molecular weight excluding hydrogens is 1190 g/mol. The van der Waals surface area contributed by atoms with E-state index in [4.69, 9.17) is 0 Å². The monoisotopic (exact) mass is 1260 g/mol. The summed E-state index contributed by atoms with van der Waals surface area (Å²) in [6.45, 7) is 20.8. The number of hydrogen-bond donors (Lipinski definition) is 0.